The van der Waals surface area contributed by atoms with Crippen molar-refractivity contribution in [3.63, 3.8) is 0 Å². The number of hydrogen-bond donors (Lipinski definition) is 1. The van der Waals surface area contributed by atoms with E-state index in [0.717, 1.165) is 6.54 Å². The maximum Gasteiger partial charge on any atom is 0.123 e. The first-order valence-electron chi connectivity index (χ1n) is 6.34. The van der Waals surface area contributed by atoms with Gasteiger partial charge in [-0.05, 0) is 18.2 Å². The van der Waals surface area contributed by atoms with Crippen LogP contribution in [0.15, 0.2) is 18.3 Å². The Morgan fingerprint density at radius 3 is 2.32 bits per heavy atom. The van der Waals surface area contributed by atoms with E-state index in [1.54, 1.807) is 0 Å². The normalized spacial score (nSPS) is 20.9. The predicted molar refractivity (Wildman–Crippen MR) is 83.0 cm³/mol. The number of nitrogen functional groups attached to an aromatic ring is 1. The van der Waals surface area contributed by atoms with Gasteiger partial charge in [-0.25, -0.2) is 4.98 Å². The van der Waals surface area contributed by atoms with Crippen molar-refractivity contribution in [2.75, 3.05) is 38.5 Å². The van der Waals surface area contributed by atoms with E-state index < -0.39 is 0 Å². The zero-order valence-corrected chi connectivity index (χ0v) is 12.8. The van der Waals surface area contributed by atoms with Crippen molar-refractivity contribution in [2.45, 2.75) is 13.5 Å². The number of nitrogens with two attached hydrogens (primary N) is 1. The number of anilines is 1. The molecular weight excluding hydrogens is 283 g/mol. The fourth-order valence-corrected chi connectivity index (χ4v) is 3.13. The summed E-state index contributed by atoms with van der Waals surface area (Å²) in [5.41, 5.74) is 7.46. The smallest absolute Gasteiger partial charge is 0.123 e. The summed E-state index contributed by atoms with van der Waals surface area (Å²) in [7, 11) is 0. The van der Waals surface area contributed by atoms with E-state index in [9.17, 15) is 0 Å². The van der Waals surface area contributed by atoms with E-state index in [2.05, 4.69) is 27.8 Å². The van der Waals surface area contributed by atoms with Gasteiger partial charge >= 0.3 is 0 Å². The van der Waals surface area contributed by atoms with Gasteiger partial charge in [-0.2, -0.15) is 0 Å². The Labute approximate surface area is 127 Å². The summed E-state index contributed by atoms with van der Waals surface area (Å²) in [5, 5.41) is 0. The summed E-state index contributed by atoms with van der Waals surface area (Å²) >= 11 is 0. The molecule has 0 aliphatic carbocycles. The summed E-state index contributed by atoms with van der Waals surface area (Å²) in [6.45, 7) is 9.52. The first-order chi connectivity index (χ1) is 8.19. The van der Waals surface area contributed by atoms with E-state index >= 15 is 0 Å². The molecule has 2 fully saturated rings. The first-order valence-corrected chi connectivity index (χ1v) is 6.34. The second-order valence-electron chi connectivity index (χ2n) is 5.54. The van der Waals surface area contributed by atoms with E-state index in [0.29, 0.717) is 11.2 Å². The van der Waals surface area contributed by atoms with Gasteiger partial charge in [0.05, 0.1) is 0 Å². The highest BCUT2D eigenvalue weighted by Gasteiger charge is 2.50. The molecule has 4 nitrogen and oxygen atoms in total. The number of aromatic nitrogens is 1. The van der Waals surface area contributed by atoms with Crippen LogP contribution in [0.25, 0.3) is 0 Å². The Morgan fingerprint density at radius 2 is 1.79 bits per heavy atom. The van der Waals surface area contributed by atoms with Crippen molar-refractivity contribution in [3.05, 3.63) is 23.9 Å². The molecule has 3 heterocycles. The molecule has 2 aliphatic rings. The van der Waals surface area contributed by atoms with Crippen LogP contribution < -0.4 is 5.73 Å². The van der Waals surface area contributed by atoms with Crippen molar-refractivity contribution >= 4 is 30.6 Å². The number of hydrogen-bond acceptors (Lipinski definition) is 4. The van der Waals surface area contributed by atoms with Crippen LogP contribution in [0.4, 0.5) is 5.82 Å². The Kier molecular flexibility index (Phi) is 5.44. The highest BCUT2D eigenvalue weighted by molar-refractivity contribution is 5.85. The van der Waals surface area contributed by atoms with Gasteiger partial charge in [-0.15, -0.1) is 24.8 Å². The summed E-state index contributed by atoms with van der Waals surface area (Å²) in [6.07, 6.45) is 1.89. The summed E-state index contributed by atoms with van der Waals surface area (Å²) in [6, 6.07) is 3.96. The highest BCUT2D eigenvalue weighted by Crippen LogP contribution is 2.39. The lowest BCUT2D eigenvalue weighted by Gasteiger charge is -2.60. The zero-order valence-electron chi connectivity index (χ0n) is 11.2. The standard InChI is InChI=1S/C13H20N4.2ClH/c1-2-16-7-13(8-16)9-17(10-13)6-11-3-4-12(14)15-5-11;;/h3-5H,2,6-10H2,1H3,(H2,14,15);2*1H. The van der Waals surface area contributed by atoms with Crippen molar-refractivity contribution in [1.29, 1.82) is 0 Å². The number of pyridine rings is 1. The van der Waals surface area contributed by atoms with Crippen LogP contribution in [0.1, 0.15) is 12.5 Å². The molecule has 0 unspecified atom stereocenters. The molecule has 108 valence electrons. The lowest BCUT2D eigenvalue weighted by atomic mass is 9.73. The van der Waals surface area contributed by atoms with Crippen LogP contribution in [0.2, 0.25) is 0 Å². The van der Waals surface area contributed by atoms with Gasteiger partial charge in [0.25, 0.3) is 0 Å². The van der Waals surface area contributed by atoms with Crippen molar-refractivity contribution in [3.8, 4) is 0 Å². The molecule has 2 saturated heterocycles. The highest BCUT2D eigenvalue weighted by atomic mass is 35.5. The molecule has 0 aromatic carbocycles. The van der Waals surface area contributed by atoms with E-state index in [-0.39, 0.29) is 24.8 Å². The third-order valence-electron chi connectivity index (χ3n) is 3.94. The minimum absolute atomic E-state index is 0. The summed E-state index contributed by atoms with van der Waals surface area (Å²) in [4.78, 5) is 9.15. The topological polar surface area (TPSA) is 45.4 Å². The molecule has 0 amide bonds. The summed E-state index contributed by atoms with van der Waals surface area (Å²) < 4.78 is 0. The Hall–Kier alpha value is -0.550. The third kappa shape index (κ3) is 3.31. The van der Waals surface area contributed by atoms with Crippen LogP contribution >= 0.6 is 24.8 Å². The molecule has 1 aromatic heterocycles. The fourth-order valence-electron chi connectivity index (χ4n) is 3.13. The van der Waals surface area contributed by atoms with Crippen molar-refractivity contribution in [1.82, 2.24) is 14.8 Å². The van der Waals surface area contributed by atoms with Crippen LogP contribution in [0, 0.1) is 5.41 Å². The lowest BCUT2D eigenvalue weighted by molar-refractivity contribution is -0.116. The van der Waals surface area contributed by atoms with Gasteiger partial charge < -0.3 is 10.6 Å². The van der Waals surface area contributed by atoms with Gasteiger partial charge in [0, 0.05) is 44.3 Å². The van der Waals surface area contributed by atoms with E-state index in [1.807, 2.05) is 12.3 Å². The van der Waals surface area contributed by atoms with E-state index in [1.165, 1.54) is 38.3 Å². The van der Waals surface area contributed by atoms with Crippen LogP contribution in [-0.2, 0) is 6.54 Å². The molecule has 0 atom stereocenters. The Bertz CT molecular complexity index is 396. The monoisotopic (exact) mass is 304 g/mol. The first kappa shape index (κ1) is 16.5. The Morgan fingerprint density at radius 1 is 1.16 bits per heavy atom. The average molecular weight is 305 g/mol. The molecule has 6 heteroatoms. The number of rotatable bonds is 3. The minimum atomic E-state index is 0. The molecule has 19 heavy (non-hydrogen) atoms. The molecule has 0 radical (unpaired) electrons. The number of halogens is 2. The zero-order chi connectivity index (χ0) is 11.9. The van der Waals surface area contributed by atoms with Gasteiger partial charge in [-0.3, -0.25) is 4.90 Å². The quantitative estimate of drug-likeness (QED) is 0.922. The molecule has 2 N–H and O–H groups in total. The Balaban J connectivity index is 0.000000902. The molecule has 0 bridgehead atoms. The maximum atomic E-state index is 5.58. The third-order valence-corrected chi connectivity index (χ3v) is 3.94. The van der Waals surface area contributed by atoms with Gasteiger partial charge in [0.15, 0.2) is 0 Å². The maximum absolute atomic E-state index is 5.58. The lowest BCUT2D eigenvalue weighted by Crippen LogP contribution is -2.71. The van der Waals surface area contributed by atoms with Crippen LogP contribution in [-0.4, -0.2) is 47.5 Å². The van der Waals surface area contributed by atoms with Crippen LogP contribution in [0.3, 0.4) is 0 Å². The molecule has 0 saturated carbocycles. The van der Waals surface area contributed by atoms with Gasteiger partial charge in [0.1, 0.15) is 5.82 Å². The summed E-state index contributed by atoms with van der Waals surface area (Å²) in [5.74, 6) is 0.603. The van der Waals surface area contributed by atoms with Crippen molar-refractivity contribution in [2.24, 2.45) is 5.41 Å². The SMILES string of the molecule is CCN1CC2(C1)CN(Cc1ccc(N)nc1)C2.Cl.Cl. The second-order valence-corrected chi connectivity index (χ2v) is 5.54. The second kappa shape index (κ2) is 6.27. The van der Waals surface area contributed by atoms with E-state index in [4.69, 9.17) is 5.73 Å². The number of nitrogens with zero attached hydrogens (tertiary/aromatic N) is 3. The molecule has 2 aliphatic heterocycles. The molecular formula is C13H22Cl2N4. The van der Waals surface area contributed by atoms with Crippen molar-refractivity contribution < 1.29 is 0 Å². The molecule has 1 spiro atoms. The van der Waals surface area contributed by atoms with Crippen LogP contribution in [0.5, 0.6) is 0 Å². The largest absolute Gasteiger partial charge is 0.384 e. The number of likely N-dealkylation sites (tertiary alicyclic amines) is 2. The predicted octanol–water partition coefficient (Wildman–Crippen LogP) is 1.64. The molecule has 3 rings (SSSR count). The average Bonchev–Trinajstić information content (AvgIpc) is 2.22. The van der Waals surface area contributed by atoms with Gasteiger partial charge in [-0.1, -0.05) is 13.0 Å². The minimum Gasteiger partial charge on any atom is -0.384 e. The fraction of sp³-hybridized carbons (Fsp3) is 0.615. The van der Waals surface area contributed by atoms with Gasteiger partial charge in [0.2, 0.25) is 0 Å². The molecule has 1 aromatic rings.